The van der Waals surface area contributed by atoms with Crippen molar-refractivity contribution in [2.24, 2.45) is 5.10 Å². The Morgan fingerprint density at radius 2 is 1.65 bits per heavy atom. The summed E-state index contributed by atoms with van der Waals surface area (Å²) in [6.07, 6.45) is 0. The zero-order valence-corrected chi connectivity index (χ0v) is 17.1. The molecule has 0 fully saturated rings. The predicted molar refractivity (Wildman–Crippen MR) is 121 cm³/mol. The number of benzene rings is 3. The second-order valence-corrected chi connectivity index (χ2v) is 6.97. The predicted octanol–water partition coefficient (Wildman–Crippen LogP) is 4.81. The quantitative estimate of drug-likeness (QED) is 0.339. The highest BCUT2D eigenvalue weighted by atomic mass is 16.5. The number of amides is 1. The molecule has 1 aromatic heterocycles. The van der Waals surface area contributed by atoms with Crippen molar-refractivity contribution in [1.29, 1.82) is 0 Å². The summed E-state index contributed by atoms with van der Waals surface area (Å²) in [5.41, 5.74) is 7.23. The Hall–Kier alpha value is -4.19. The van der Waals surface area contributed by atoms with Crippen molar-refractivity contribution < 1.29 is 9.53 Å². The van der Waals surface area contributed by atoms with Crippen LogP contribution in [0, 0.1) is 0 Å². The molecular formula is C25H22N4O2. The summed E-state index contributed by atoms with van der Waals surface area (Å²) >= 11 is 0. The van der Waals surface area contributed by atoms with E-state index in [4.69, 9.17) is 4.74 Å². The van der Waals surface area contributed by atoms with Crippen LogP contribution in [0.1, 0.15) is 28.5 Å². The molecule has 0 unspecified atom stereocenters. The van der Waals surface area contributed by atoms with Gasteiger partial charge in [0.1, 0.15) is 18.1 Å². The lowest BCUT2D eigenvalue weighted by molar-refractivity contribution is 0.0950. The average molecular weight is 410 g/mol. The van der Waals surface area contributed by atoms with Crippen LogP contribution in [-0.4, -0.2) is 21.8 Å². The van der Waals surface area contributed by atoms with Gasteiger partial charge in [0.2, 0.25) is 0 Å². The summed E-state index contributed by atoms with van der Waals surface area (Å²) in [6, 6.07) is 29.0. The molecule has 1 heterocycles. The fraction of sp³-hybridized carbons (Fsp3) is 0.0800. The second-order valence-electron chi connectivity index (χ2n) is 6.97. The van der Waals surface area contributed by atoms with Crippen molar-refractivity contribution in [3.63, 3.8) is 0 Å². The SMILES string of the molecule is C/C(=N/NC(=O)c1cc(-c2ccc(OCc3ccccc3)cc2)n[nH]1)c1ccccc1. The normalized spacial score (nSPS) is 11.2. The van der Waals surface area contributed by atoms with Crippen LogP contribution in [-0.2, 0) is 6.61 Å². The minimum atomic E-state index is -0.350. The number of hydrogen-bond donors (Lipinski definition) is 2. The average Bonchev–Trinajstić information content (AvgIpc) is 3.33. The standard InChI is InChI=1S/C25H22N4O2/c1-18(20-10-6-3-7-11-20)26-29-25(30)24-16-23(27-28-24)21-12-14-22(15-13-21)31-17-19-8-4-2-5-9-19/h2-16H,17H2,1H3,(H,27,28)(H,29,30)/b26-18-. The summed E-state index contributed by atoms with van der Waals surface area (Å²) in [6.45, 7) is 2.35. The monoisotopic (exact) mass is 410 g/mol. The van der Waals surface area contributed by atoms with Crippen LogP contribution in [0.25, 0.3) is 11.3 Å². The van der Waals surface area contributed by atoms with Gasteiger partial charge in [-0.3, -0.25) is 9.89 Å². The fourth-order valence-electron chi connectivity index (χ4n) is 2.99. The van der Waals surface area contributed by atoms with Crippen LogP contribution in [0.4, 0.5) is 0 Å². The molecule has 6 nitrogen and oxygen atoms in total. The van der Waals surface area contributed by atoms with E-state index in [9.17, 15) is 4.79 Å². The number of aromatic amines is 1. The largest absolute Gasteiger partial charge is 0.489 e. The Bertz CT molecular complexity index is 1170. The van der Waals surface area contributed by atoms with Gasteiger partial charge in [-0.2, -0.15) is 10.2 Å². The minimum absolute atomic E-state index is 0.337. The van der Waals surface area contributed by atoms with Crippen molar-refractivity contribution in [3.8, 4) is 17.0 Å². The molecule has 1 amide bonds. The Morgan fingerprint density at radius 1 is 0.968 bits per heavy atom. The van der Waals surface area contributed by atoms with E-state index in [-0.39, 0.29) is 5.91 Å². The molecule has 0 radical (unpaired) electrons. The molecule has 4 aromatic rings. The molecule has 2 N–H and O–H groups in total. The highest BCUT2D eigenvalue weighted by Gasteiger charge is 2.11. The molecule has 154 valence electrons. The van der Waals surface area contributed by atoms with Crippen LogP contribution in [0.15, 0.2) is 96.1 Å². The van der Waals surface area contributed by atoms with Gasteiger partial charge in [-0.25, -0.2) is 5.43 Å². The van der Waals surface area contributed by atoms with E-state index in [1.165, 1.54) is 0 Å². The number of nitrogens with zero attached hydrogens (tertiary/aromatic N) is 2. The maximum Gasteiger partial charge on any atom is 0.289 e. The minimum Gasteiger partial charge on any atom is -0.489 e. The molecule has 6 heteroatoms. The first-order valence-electron chi connectivity index (χ1n) is 9.91. The smallest absolute Gasteiger partial charge is 0.289 e. The number of hydrogen-bond acceptors (Lipinski definition) is 4. The first-order chi connectivity index (χ1) is 15.2. The molecule has 0 aliphatic carbocycles. The molecule has 0 aliphatic heterocycles. The molecule has 0 saturated carbocycles. The van der Waals surface area contributed by atoms with Crippen LogP contribution >= 0.6 is 0 Å². The van der Waals surface area contributed by atoms with Crippen molar-refractivity contribution in [3.05, 3.63) is 108 Å². The van der Waals surface area contributed by atoms with Gasteiger partial charge in [0, 0.05) is 5.56 Å². The zero-order chi connectivity index (χ0) is 21.5. The number of carbonyl (C=O) groups is 1. The first-order valence-corrected chi connectivity index (χ1v) is 9.91. The van der Waals surface area contributed by atoms with Crippen molar-refractivity contribution in [2.45, 2.75) is 13.5 Å². The molecule has 0 saturated heterocycles. The summed E-state index contributed by atoms with van der Waals surface area (Å²) in [7, 11) is 0. The third kappa shape index (κ3) is 5.25. The van der Waals surface area contributed by atoms with Gasteiger partial charge in [0.15, 0.2) is 0 Å². The van der Waals surface area contributed by atoms with Gasteiger partial charge in [-0.15, -0.1) is 0 Å². The number of carbonyl (C=O) groups excluding carboxylic acids is 1. The van der Waals surface area contributed by atoms with Crippen molar-refractivity contribution in [2.75, 3.05) is 0 Å². The van der Waals surface area contributed by atoms with E-state index in [1.807, 2.05) is 91.9 Å². The lowest BCUT2D eigenvalue weighted by Crippen LogP contribution is -2.19. The van der Waals surface area contributed by atoms with Gasteiger partial charge in [0.25, 0.3) is 5.91 Å². The Morgan fingerprint density at radius 3 is 2.35 bits per heavy atom. The van der Waals surface area contributed by atoms with Crippen LogP contribution in [0.3, 0.4) is 0 Å². The number of rotatable bonds is 7. The van der Waals surface area contributed by atoms with E-state index in [2.05, 4.69) is 20.7 Å². The number of nitrogens with one attached hydrogen (secondary N) is 2. The van der Waals surface area contributed by atoms with Crippen molar-refractivity contribution >= 4 is 11.6 Å². The van der Waals surface area contributed by atoms with Crippen molar-refractivity contribution in [1.82, 2.24) is 15.6 Å². The zero-order valence-electron chi connectivity index (χ0n) is 17.1. The third-order valence-electron chi connectivity index (χ3n) is 4.74. The molecule has 31 heavy (non-hydrogen) atoms. The number of ether oxygens (including phenoxy) is 1. The van der Waals surface area contributed by atoms with E-state index in [0.717, 1.165) is 28.2 Å². The number of H-pyrrole nitrogens is 1. The molecular weight excluding hydrogens is 388 g/mol. The fourth-order valence-corrected chi connectivity index (χ4v) is 2.99. The number of hydrazone groups is 1. The highest BCUT2D eigenvalue weighted by Crippen LogP contribution is 2.22. The molecule has 4 rings (SSSR count). The highest BCUT2D eigenvalue weighted by molar-refractivity contribution is 6.00. The van der Waals surface area contributed by atoms with Gasteiger partial charge in [-0.05, 0) is 48.4 Å². The third-order valence-corrected chi connectivity index (χ3v) is 4.74. The molecule has 3 aromatic carbocycles. The summed E-state index contributed by atoms with van der Waals surface area (Å²) in [5, 5.41) is 11.2. The van der Waals surface area contributed by atoms with E-state index in [1.54, 1.807) is 6.07 Å². The Kier molecular flexibility index (Phi) is 6.18. The Labute approximate surface area is 180 Å². The first kappa shape index (κ1) is 20.1. The van der Waals surface area contributed by atoms with Gasteiger partial charge in [-0.1, -0.05) is 60.7 Å². The number of aromatic nitrogens is 2. The van der Waals surface area contributed by atoms with E-state index in [0.29, 0.717) is 18.0 Å². The van der Waals surface area contributed by atoms with Gasteiger partial charge >= 0.3 is 0 Å². The maximum atomic E-state index is 12.4. The van der Waals surface area contributed by atoms with E-state index >= 15 is 0 Å². The molecule has 0 bridgehead atoms. The maximum absolute atomic E-state index is 12.4. The summed E-state index contributed by atoms with van der Waals surface area (Å²) in [4.78, 5) is 12.4. The lowest BCUT2D eigenvalue weighted by atomic mass is 10.1. The van der Waals surface area contributed by atoms with Crippen LogP contribution in [0.2, 0.25) is 0 Å². The van der Waals surface area contributed by atoms with E-state index < -0.39 is 0 Å². The summed E-state index contributed by atoms with van der Waals surface area (Å²) < 4.78 is 5.81. The molecule has 0 atom stereocenters. The topological polar surface area (TPSA) is 79.4 Å². The van der Waals surface area contributed by atoms with Crippen LogP contribution < -0.4 is 10.2 Å². The molecule has 0 aliphatic rings. The molecule has 0 spiro atoms. The summed E-state index contributed by atoms with van der Waals surface area (Å²) in [5.74, 6) is 0.420. The van der Waals surface area contributed by atoms with Gasteiger partial charge < -0.3 is 4.74 Å². The Balaban J connectivity index is 1.37. The second kappa shape index (κ2) is 9.54. The lowest BCUT2D eigenvalue weighted by Gasteiger charge is -2.06. The van der Waals surface area contributed by atoms with Crippen LogP contribution in [0.5, 0.6) is 5.75 Å². The van der Waals surface area contributed by atoms with Gasteiger partial charge in [0.05, 0.1) is 11.4 Å².